The quantitative estimate of drug-likeness (QED) is 0.383. The van der Waals surface area contributed by atoms with Gasteiger partial charge in [-0.25, -0.2) is 0 Å². The highest BCUT2D eigenvalue weighted by atomic mass is 16.3. The van der Waals surface area contributed by atoms with Gasteiger partial charge in [0.1, 0.15) is 0 Å². The van der Waals surface area contributed by atoms with Crippen LogP contribution in [0.1, 0.15) is 26.2 Å². The van der Waals surface area contributed by atoms with Crippen LogP contribution >= 0.6 is 0 Å². The molecule has 0 bridgehead atoms. The van der Waals surface area contributed by atoms with Gasteiger partial charge in [0.25, 0.3) is 0 Å². The lowest BCUT2D eigenvalue weighted by Crippen LogP contribution is -2.44. The zero-order chi connectivity index (χ0) is 13.1. The summed E-state index contributed by atoms with van der Waals surface area (Å²) < 4.78 is 0. The molecule has 2 amide bonds. The highest BCUT2D eigenvalue weighted by molar-refractivity contribution is 6.34. The molecule has 0 saturated heterocycles. The predicted molar refractivity (Wildman–Crippen MR) is 63.3 cm³/mol. The van der Waals surface area contributed by atoms with Crippen molar-refractivity contribution in [3.63, 3.8) is 0 Å². The molecule has 0 unspecified atom stereocenters. The van der Waals surface area contributed by atoms with Crippen LogP contribution in [0, 0.1) is 0 Å². The van der Waals surface area contributed by atoms with Crippen LogP contribution in [0.3, 0.4) is 0 Å². The number of aliphatic hydroxyl groups is 2. The molecule has 0 aromatic heterocycles. The fraction of sp³-hybridized carbons (Fsp3) is 0.818. The minimum Gasteiger partial charge on any atom is -0.396 e. The Morgan fingerprint density at radius 3 is 2.35 bits per heavy atom. The number of carbonyl (C=O) groups excluding carboxylic acids is 2. The molecule has 0 fully saturated rings. The third-order valence-electron chi connectivity index (χ3n) is 2.35. The van der Waals surface area contributed by atoms with Gasteiger partial charge in [-0.15, -0.1) is 0 Å². The first-order valence-corrected chi connectivity index (χ1v) is 5.96. The molecule has 0 aliphatic heterocycles. The van der Waals surface area contributed by atoms with Crippen LogP contribution in [0.15, 0.2) is 0 Å². The summed E-state index contributed by atoms with van der Waals surface area (Å²) in [7, 11) is 0. The first-order chi connectivity index (χ1) is 8.17. The van der Waals surface area contributed by atoms with E-state index in [-0.39, 0.29) is 19.8 Å². The van der Waals surface area contributed by atoms with Gasteiger partial charge in [-0.2, -0.15) is 0 Å². The Labute approximate surface area is 102 Å². The number of rotatable bonds is 8. The van der Waals surface area contributed by atoms with E-state index in [0.717, 1.165) is 12.8 Å². The highest BCUT2D eigenvalue weighted by Crippen LogP contribution is 1.93. The van der Waals surface area contributed by atoms with Crippen LogP contribution in [-0.4, -0.2) is 59.8 Å². The number of unbranched alkanes of at least 4 members (excludes halogenated alkanes) is 2. The molecule has 100 valence electrons. The predicted octanol–water partition coefficient (Wildman–Crippen LogP) is -0.894. The summed E-state index contributed by atoms with van der Waals surface area (Å²) >= 11 is 0. The van der Waals surface area contributed by atoms with E-state index < -0.39 is 11.8 Å². The fourth-order valence-corrected chi connectivity index (χ4v) is 1.36. The van der Waals surface area contributed by atoms with Crippen LogP contribution in [0.5, 0.6) is 0 Å². The lowest BCUT2D eigenvalue weighted by molar-refractivity contribution is -0.146. The lowest BCUT2D eigenvalue weighted by atomic mass is 10.2. The largest absolute Gasteiger partial charge is 0.396 e. The molecule has 0 aromatic carbocycles. The van der Waals surface area contributed by atoms with E-state index >= 15 is 0 Å². The van der Waals surface area contributed by atoms with Gasteiger partial charge in [-0.3, -0.25) is 9.59 Å². The molecule has 3 N–H and O–H groups in total. The van der Waals surface area contributed by atoms with Crippen molar-refractivity contribution in [2.75, 3.05) is 32.8 Å². The van der Waals surface area contributed by atoms with Crippen LogP contribution < -0.4 is 5.32 Å². The molecule has 0 aliphatic rings. The van der Waals surface area contributed by atoms with Gasteiger partial charge in [-0.1, -0.05) is 0 Å². The molecule has 0 aliphatic carbocycles. The molecule has 0 atom stereocenters. The van der Waals surface area contributed by atoms with Crippen molar-refractivity contribution >= 4 is 11.8 Å². The molecule has 0 heterocycles. The normalized spacial score (nSPS) is 10.1. The van der Waals surface area contributed by atoms with Crippen molar-refractivity contribution in [1.82, 2.24) is 10.2 Å². The number of aliphatic hydroxyl groups excluding tert-OH is 2. The van der Waals surface area contributed by atoms with Gasteiger partial charge >= 0.3 is 11.8 Å². The van der Waals surface area contributed by atoms with Gasteiger partial charge in [0.2, 0.25) is 0 Å². The third kappa shape index (κ3) is 6.91. The average Bonchev–Trinajstić information content (AvgIpc) is 2.34. The number of likely N-dealkylation sites (N-methyl/N-ethyl adjacent to an activating group) is 1. The summed E-state index contributed by atoms with van der Waals surface area (Å²) in [5.74, 6) is -1.24. The number of hydrogen-bond donors (Lipinski definition) is 3. The Kier molecular flexibility index (Phi) is 9.37. The second-order valence-corrected chi connectivity index (χ2v) is 3.65. The lowest BCUT2D eigenvalue weighted by Gasteiger charge is -2.18. The summed E-state index contributed by atoms with van der Waals surface area (Å²) in [6, 6.07) is 0. The first-order valence-electron chi connectivity index (χ1n) is 5.96. The van der Waals surface area contributed by atoms with Gasteiger partial charge in [-0.05, 0) is 26.2 Å². The Morgan fingerprint density at radius 1 is 1.12 bits per heavy atom. The zero-order valence-corrected chi connectivity index (χ0v) is 10.3. The van der Waals surface area contributed by atoms with Crippen LogP contribution in [0.4, 0.5) is 0 Å². The maximum absolute atomic E-state index is 11.5. The van der Waals surface area contributed by atoms with Crippen LogP contribution in [0.2, 0.25) is 0 Å². The molecule has 0 rings (SSSR count). The monoisotopic (exact) mass is 246 g/mol. The summed E-state index contributed by atoms with van der Waals surface area (Å²) in [5, 5.41) is 19.8. The minimum atomic E-state index is -0.635. The minimum absolute atomic E-state index is 0.146. The van der Waals surface area contributed by atoms with E-state index in [0.29, 0.717) is 19.5 Å². The molecule has 0 saturated carbocycles. The van der Waals surface area contributed by atoms with Gasteiger partial charge in [0.05, 0.1) is 6.61 Å². The molecule has 0 aromatic rings. The van der Waals surface area contributed by atoms with Gasteiger partial charge < -0.3 is 20.4 Å². The van der Waals surface area contributed by atoms with E-state index in [1.807, 2.05) is 0 Å². The van der Waals surface area contributed by atoms with Crippen molar-refractivity contribution in [3.05, 3.63) is 0 Å². The van der Waals surface area contributed by atoms with Crippen LogP contribution in [-0.2, 0) is 9.59 Å². The summed E-state index contributed by atoms with van der Waals surface area (Å²) in [6.45, 7) is 2.75. The topological polar surface area (TPSA) is 89.9 Å². The zero-order valence-electron chi connectivity index (χ0n) is 10.3. The summed E-state index contributed by atoms with van der Waals surface area (Å²) in [5.41, 5.74) is 0. The second kappa shape index (κ2) is 10.0. The molecular weight excluding hydrogens is 224 g/mol. The number of hydrogen-bond acceptors (Lipinski definition) is 4. The first kappa shape index (κ1) is 15.9. The fourth-order valence-electron chi connectivity index (χ4n) is 1.36. The Morgan fingerprint density at radius 2 is 1.82 bits per heavy atom. The van der Waals surface area contributed by atoms with Crippen molar-refractivity contribution in [2.45, 2.75) is 26.2 Å². The number of nitrogens with one attached hydrogen (secondary N) is 1. The van der Waals surface area contributed by atoms with Crippen molar-refractivity contribution in [3.8, 4) is 0 Å². The maximum Gasteiger partial charge on any atom is 0.311 e. The summed E-state index contributed by atoms with van der Waals surface area (Å²) in [4.78, 5) is 24.3. The van der Waals surface area contributed by atoms with Crippen molar-refractivity contribution in [2.24, 2.45) is 0 Å². The Bertz CT molecular complexity index is 234. The SMILES string of the molecule is CCN(CCO)C(=O)C(=O)NCCCCCO. The van der Waals surface area contributed by atoms with E-state index in [9.17, 15) is 9.59 Å². The summed E-state index contributed by atoms with van der Waals surface area (Å²) in [6.07, 6.45) is 2.26. The molecule has 0 spiro atoms. The standard InChI is InChI=1S/C11H22N2O4/c1-2-13(7-9-15)11(17)10(16)12-6-4-3-5-8-14/h14-15H,2-9H2,1H3,(H,12,16). The number of nitrogens with zero attached hydrogens (tertiary/aromatic N) is 1. The smallest absolute Gasteiger partial charge is 0.311 e. The second-order valence-electron chi connectivity index (χ2n) is 3.65. The average molecular weight is 246 g/mol. The van der Waals surface area contributed by atoms with Gasteiger partial charge in [0.15, 0.2) is 0 Å². The number of carbonyl (C=O) groups is 2. The van der Waals surface area contributed by atoms with Crippen LogP contribution in [0.25, 0.3) is 0 Å². The van der Waals surface area contributed by atoms with Crippen molar-refractivity contribution in [1.29, 1.82) is 0 Å². The van der Waals surface area contributed by atoms with E-state index in [1.54, 1.807) is 6.92 Å². The highest BCUT2D eigenvalue weighted by Gasteiger charge is 2.19. The Hall–Kier alpha value is -1.14. The van der Waals surface area contributed by atoms with Crippen molar-refractivity contribution < 1.29 is 19.8 Å². The Balaban J connectivity index is 3.83. The number of amides is 2. The van der Waals surface area contributed by atoms with E-state index in [1.165, 1.54) is 4.90 Å². The molecule has 6 nitrogen and oxygen atoms in total. The third-order valence-corrected chi connectivity index (χ3v) is 2.35. The maximum atomic E-state index is 11.5. The van der Waals surface area contributed by atoms with E-state index in [2.05, 4.69) is 5.32 Å². The molecule has 0 radical (unpaired) electrons. The molecule has 17 heavy (non-hydrogen) atoms. The van der Waals surface area contributed by atoms with E-state index in [4.69, 9.17) is 10.2 Å². The molecule has 6 heteroatoms. The molecular formula is C11H22N2O4. The van der Waals surface area contributed by atoms with Gasteiger partial charge in [0, 0.05) is 26.2 Å².